The number of nitrogens with zero attached hydrogens (tertiary/aromatic N) is 2. The van der Waals surface area contributed by atoms with Crippen molar-refractivity contribution in [2.45, 2.75) is 38.1 Å². The van der Waals surface area contributed by atoms with Crippen molar-refractivity contribution >= 4 is 11.8 Å². The van der Waals surface area contributed by atoms with Crippen LogP contribution in [0.25, 0.3) is 0 Å². The van der Waals surface area contributed by atoms with Gasteiger partial charge in [0.25, 0.3) is 0 Å². The maximum absolute atomic E-state index is 13.9. The van der Waals surface area contributed by atoms with Crippen molar-refractivity contribution in [2.24, 2.45) is 0 Å². The molecule has 136 valence electrons. The second kappa shape index (κ2) is 7.95. The third kappa shape index (κ3) is 4.18. The summed E-state index contributed by atoms with van der Waals surface area (Å²) in [6.07, 6.45) is 2.14. The SMILES string of the molecule is CC(CC(=O)N1CCCC(N2CCNCC2=O)C1)c1ccccc1F. The number of likely N-dealkylation sites (tertiary alicyclic amines) is 1. The van der Waals surface area contributed by atoms with Gasteiger partial charge in [-0.25, -0.2) is 4.39 Å². The second-order valence-corrected chi connectivity index (χ2v) is 7.03. The van der Waals surface area contributed by atoms with Crippen molar-refractivity contribution < 1.29 is 14.0 Å². The Morgan fingerprint density at radius 2 is 2.16 bits per heavy atom. The number of hydrogen-bond donors (Lipinski definition) is 1. The first-order valence-electron chi connectivity index (χ1n) is 9.08. The summed E-state index contributed by atoms with van der Waals surface area (Å²) in [5, 5.41) is 3.08. The van der Waals surface area contributed by atoms with Gasteiger partial charge in [-0.15, -0.1) is 0 Å². The number of piperazine rings is 1. The first kappa shape index (κ1) is 17.9. The Bertz CT molecular complexity index is 637. The zero-order chi connectivity index (χ0) is 17.8. The van der Waals surface area contributed by atoms with E-state index in [4.69, 9.17) is 0 Å². The molecule has 5 nitrogen and oxygen atoms in total. The Balaban J connectivity index is 1.60. The molecule has 2 heterocycles. The van der Waals surface area contributed by atoms with Gasteiger partial charge in [-0.3, -0.25) is 9.59 Å². The molecule has 1 aromatic rings. The predicted molar refractivity (Wildman–Crippen MR) is 93.6 cm³/mol. The number of rotatable bonds is 4. The fraction of sp³-hybridized carbons (Fsp3) is 0.579. The van der Waals surface area contributed by atoms with Crippen LogP contribution in [0.3, 0.4) is 0 Å². The average molecular weight is 347 g/mol. The van der Waals surface area contributed by atoms with Gasteiger partial charge >= 0.3 is 0 Å². The van der Waals surface area contributed by atoms with Crippen LogP contribution in [0, 0.1) is 5.82 Å². The van der Waals surface area contributed by atoms with Gasteiger partial charge in [0.1, 0.15) is 5.82 Å². The fourth-order valence-electron chi connectivity index (χ4n) is 3.82. The maximum Gasteiger partial charge on any atom is 0.236 e. The number of hydrogen-bond acceptors (Lipinski definition) is 3. The van der Waals surface area contributed by atoms with Crippen molar-refractivity contribution in [3.63, 3.8) is 0 Å². The van der Waals surface area contributed by atoms with E-state index in [-0.39, 0.29) is 29.6 Å². The Kier molecular flexibility index (Phi) is 5.68. The smallest absolute Gasteiger partial charge is 0.236 e. The van der Waals surface area contributed by atoms with E-state index in [0.29, 0.717) is 31.6 Å². The van der Waals surface area contributed by atoms with Crippen molar-refractivity contribution in [1.82, 2.24) is 15.1 Å². The van der Waals surface area contributed by atoms with Crippen LogP contribution in [0.2, 0.25) is 0 Å². The lowest BCUT2D eigenvalue weighted by molar-refractivity contribution is -0.140. The Morgan fingerprint density at radius 3 is 2.92 bits per heavy atom. The van der Waals surface area contributed by atoms with Crippen LogP contribution in [0.4, 0.5) is 4.39 Å². The van der Waals surface area contributed by atoms with Crippen LogP contribution >= 0.6 is 0 Å². The largest absolute Gasteiger partial charge is 0.341 e. The molecule has 6 heteroatoms. The molecule has 2 aliphatic rings. The van der Waals surface area contributed by atoms with Gasteiger partial charge < -0.3 is 15.1 Å². The summed E-state index contributed by atoms with van der Waals surface area (Å²) in [5.74, 6) is -0.256. The second-order valence-electron chi connectivity index (χ2n) is 7.03. The van der Waals surface area contributed by atoms with Crippen molar-refractivity contribution in [2.75, 3.05) is 32.7 Å². The summed E-state index contributed by atoms with van der Waals surface area (Å²) in [7, 11) is 0. The van der Waals surface area contributed by atoms with Gasteiger partial charge in [0, 0.05) is 38.6 Å². The molecule has 2 saturated heterocycles. The Hall–Kier alpha value is -1.95. The molecular weight excluding hydrogens is 321 g/mol. The maximum atomic E-state index is 13.9. The van der Waals surface area contributed by atoms with Gasteiger partial charge in [0.2, 0.25) is 11.8 Å². The van der Waals surface area contributed by atoms with Crippen LogP contribution in [0.15, 0.2) is 24.3 Å². The molecule has 0 aliphatic carbocycles. The third-order valence-electron chi connectivity index (χ3n) is 5.23. The van der Waals surface area contributed by atoms with E-state index in [1.807, 2.05) is 16.7 Å². The standard InChI is InChI=1S/C19H26FN3O2/c1-14(16-6-2-3-7-17(16)20)11-18(24)22-9-4-5-15(13-22)23-10-8-21-12-19(23)25/h2-3,6-7,14-15,21H,4-5,8-13H2,1H3. The van der Waals surface area contributed by atoms with Crippen LogP contribution in [0.1, 0.15) is 37.7 Å². The number of nitrogens with one attached hydrogen (secondary N) is 1. The molecule has 0 bridgehead atoms. The normalized spacial score (nSPS) is 22.8. The summed E-state index contributed by atoms with van der Waals surface area (Å²) >= 11 is 0. The molecule has 0 aromatic heterocycles. The van der Waals surface area contributed by atoms with E-state index in [9.17, 15) is 14.0 Å². The first-order chi connectivity index (χ1) is 12.1. The minimum Gasteiger partial charge on any atom is -0.341 e. The summed E-state index contributed by atoms with van der Waals surface area (Å²) in [6, 6.07) is 6.74. The molecule has 2 amide bonds. The Labute approximate surface area is 148 Å². The first-order valence-corrected chi connectivity index (χ1v) is 9.08. The van der Waals surface area contributed by atoms with E-state index in [1.54, 1.807) is 18.2 Å². The van der Waals surface area contributed by atoms with Crippen molar-refractivity contribution in [1.29, 1.82) is 0 Å². The van der Waals surface area contributed by atoms with E-state index in [2.05, 4.69) is 5.32 Å². The topological polar surface area (TPSA) is 52.7 Å². The summed E-state index contributed by atoms with van der Waals surface area (Å²) < 4.78 is 13.9. The van der Waals surface area contributed by atoms with Gasteiger partial charge in [-0.2, -0.15) is 0 Å². The zero-order valence-corrected chi connectivity index (χ0v) is 14.7. The highest BCUT2D eigenvalue weighted by atomic mass is 19.1. The molecule has 0 radical (unpaired) electrons. The minimum absolute atomic E-state index is 0.0445. The number of amides is 2. The number of piperidine rings is 1. The molecule has 0 saturated carbocycles. The van der Waals surface area contributed by atoms with Crippen molar-refractivity contribution in [3.05, 3.63) is 35.6 Å². The third-order valence-corrected chi connectivity index (χ3v) is 5.23. The molecule has 2 aliphatic heterocycles. The average Bonchev–Trinajstić information content (AvgIpc) is 2.62. The van der Waals surface area contributed by atoms with Gasteiger partial charge in [0.15, 0.2) is 0 Å². The minimum atomic E-state index is -0.259. The summed E-state index contributed by atoms with van der Waals surface area (Å²) in [6.45, 7) is 5.10. The van der Waals surface area contributed by atoms with E-state index < -0.39 is 0 Å². The molecule has 2 atom stereocenters. The monoisotopic (exact) mass is 347 g/mol. The van der Waals surface area contributed by atoms with E-state index >= 15 is 0 Å². The van der Waals surface area contributed by atoms with Crippen LogP contribution < -0.4 is 5.32 Å². The molecule has 2 unspecified atom stereocenters. The number of carbonyl (C=O) groups is 2. The fourth-order valence-corrected chi connectivity index (χ4v) is 3.82. The lowest BCUT2D eigenvalue weighted by atomic mass is 9.95. The van der Waals surface area contributed by atoms with Crippen LogP contribution in [-0.2, 0) is 9.59 Å². The highest BCUT2D eigenvalue weighted by molar-refractivity contribution is 5.80. The zero-order valence-electron chi connectivity index (χ0n) is 14.7. The lowest BCUT2D eigenvalue weighted by Gasteiger charge is -2.41. The highest BCUT2D eigenvalue weighted by Gasteiger charge is 2.32. The quantitative estimate of drug-likeness (QED) is 0.903. The van der Waals surface area contributed by atoms with Crippen LogP contribution in [0.5, 0.6) is 0 Å². The molecule has 25 heavy (non-hydrogen) atoms. The van der Waals surface area contributed by atoms with Gasteiger partial charge in [0.05, 0.1) is 6.54 Å². The molecule has 1 aromatic carbocycles. The van der Waals surface area contributed by atoms with Crippen molar-refractivity contribution in [3.8, 4) is 0 Å². The number of halogens is 1. The Morgan fingerprint density at radius 1 is 1.36 bits per heavy atom. The molecule has 1 N–H and O–H groups in total. The molecular formula is C19H26FN3O2. The predicted octanol–water partition coefficient (Wildman–Crippen LogP) is 1.74. The highest BCUT2D eigenvalue weighted by Crippen LogP contribution is 2.24. The molecule has 2 fully saturated rings. The number of benzene rings is 1. The summed E-state index contributed by atoms with van der Waals surface area (Å²) in [5.41, 5.74) is 0.585. The van der Waals surface area contributed by atoms with E-state index in [0.717, 1.165) is 25.9 Å². The molecule has 0 spiro atoms. The van der Waals surface area contributed by atoms with Crippen LogP contribution in [-0.4, -0.2) is 60.4 Å². The van der Waals surface area contributed by atoms with Gasteiger partial charge in [-0.1, -0.05) is 25.1 Å². The van der Waals surface area contributed by atoms with E-state index in [1.165, 1.54) is 6.07 Å². The lowest BCUT2D eigenvalue weighted by Crippen LogP contribution is -2.57. The summed E-state index contributed by atoms with van der Waals surface area (Å²) in [4.78, 5) is 28.5. The molecule has 3 rings (SSSR count). The van der Waals surface area contributed by atoms with Gasteiger partial charge in [-0.05, 0) is 30.4 Å². The number of carbonyl (C=O) groups excluding carboxylic acids is 2.